The molecule has 0 aliphatic heterocycles. The average Bonchev–Trinajstić information content (AvgIpc) is 2.12. The lowest BCUT2D eigenvalue weighted by Gasteiger charge is -2.15. The van der Waals surface area contributed by atoms with Crippen molar-refractivity contribution in [2.45, 2.75) is 12.4 Å². The molecule has 1 aromatic carbocycles. The van der Waals surface area contributed by atoms with E-state index in [1.54, 1.807) is 0 Å². The number of hydrogen-bond acceptors (Lipinski definition) is 1. The summed E-state index contributed by atoms with van der Waals surface area (Å²) in [6.07, 6.45) is -10.0. The van der Waals surface area contributed by atoms with Crippen LogP contribution in [0.25, 0.3) is 0 Å². The Bertz CT molecular complexity index is 491. The smallest absolute Gasteiger partial charge is 0.418 e. The molecule has 0 radical (unpaired) electrons. The summed E-state index contributed by atoms with van der Waals surface area (Å²) in [5.74, 6) is -2.09. The lowest BCUT2D eigenvalue weighted by Crippen LogP contribution is -2.16. The highest BCUT2D eigenvalue weighted by Crippen LogP contribution is 2.41. The lowest BCUT2D eigenvalue weighted by molar-refractivity contribution is -0.142. The van der Waals surface area contributed by atoms with E-state index < -0.39 is 39.5 Å². The molecular weight excluding hydrogens is 334 g/mol. The Morgan fingerprint density at radius 3 is 1.89 bits per heavy atom. The second kappa shape index (κ2) is 4.45. The van der Waals surface area contributed by atoms with Crippen molar-refractivity contribution < 1.29 is 36.2 Å². The van der Waals surface area contributed by atoms with E-state index in [0.29, 0.717) is 0 Å². The van der Waals surface area contributed by atoms with Gasteiger partial charge in [0.2, 0.25) is 0 Å². The van der Waals surface area contributed by atoms with E-state index in [1.807, 2.05) is 0 Å². The first-order chi connectivity index (χ1) is 7.94. The van der Waals surface area contributed by atoms with E-state index in [4.69, 9.17) is 5.11 Å². The van der Waals surface area contributed by atoms with E-state index in [9.17, 15) is 31.1 Å². The molecule has 0 bridgehead atoms. The third-order valence-corrected chi connectivity index (χ3v) is 2.56. The maximum absolute atomic E-state index is 12.5. The summed E-state index contributed by atoms with van der Waals surface area (Å²) >= 11 is 2.31. The Labute approximate surface area is 104 Å². The minimum absolute atomic E-state index is 0.0457. The van der Waals surface area contributed by atoms with Gasteiger partial charge in [-0.1, -0.05) is 15.9 Å². The Balaban J connectivity index is 3.62. The summed E-state index contributed by atoms with van der Waals surface area (Å²) in [6.45, 7) is 0. The SMILES string of the molecule is O=C(O)c1cc(C(F)(F)F)cc(Br)c1C(F)(F)F. The van der Waals surface area contributed by atoms with Gasteiger partial charge in [0.15, 0.2) is 0 Å². The summed E-state index contributed by atoms with van der Waals surface area (Å²) in [5.41, 5.74) is -4.58. The van der Waals surface area contributed by atoms with E-state index in [1.165, 1.54) is 0 Å². The largest absolute Gasteiger partial charge is 0.478 e. The molecule has 1 rings (SSSR count). The molecule has 0 unspecified atom stereocenters. The van der Waals surface area contributed by atoms with E-state index >= 15 is 0 Å². The van der Waals surface area contributed by atoms with Gasteiger partial charge in [0.25, 0.3) is 0 Å². The first-order valence-corrected chi connectivity index (χ1v) is 4.95. The molecule has 1 N–H and O–H groups in total. The molecule has 18 heavy (non-hydrogen) atoms. The first kappa shape index (κ1) is 14.8. The minimum atomic E-state index is -5.07. The molecule has 0 atom stereocenters. The van der Waals surface area contributed by atoms with E-state index in [-0.39, 0.29) is 12.1 Å². The number of carbonyl (C=O) groups is 1. The quantitative estimate of drug-likeness (QED) is 0.781. The van der Waals surface area contributed by atoms with Crippen LogP contribution >= 0.6 is 15.9 Å². The van der Waals surface area contributed by atoms with Crippen molar-refractivity contribution in [1.29, 1.82) is 0 Å². The van der Waals surface area contributed by atoms with Gasteiger partial charge in [-0.25, -0.2) is 4.79 Å². The van der Waals surface area contributed by atoms with Gasteiger partial charge in [-0.15, -0.1) is 0 Å². The standard InChI is InChI=1S/C9H3BrF6O2/c10-5-2-3(8(11,12)13)1-4(7(17)18)6(5)9(14,15)16/h1-2H,(H,17,18). The summed E-state index contributed by atoms with van der Waals surface area (Å²) in [5, 5.41) is 8.56. The van der Waals surface area contributed by atoms with Crippen LogP contribution in [0.15, 0.2) is 16.6 Å². The van der Waals surface area contributed by atoms with Crippen LogP contribution in [0.3, 0.4) is 0 Å². The van der Waals surface area contributed by atoms with Gasteiger partial charge in [0.1, 0.15) is 0 Å². The molecule has 0 aliphatic rings. The van der Waals surface area contributed by atoms with Crippen molar-refractivity contribution in [3.63, 3.8) is 0 Å². The van der Waals surface area contributed by atoms with Crippen molar-refractivity contribution in [1.82, 2.24) is 0 Å². The molecule has 0 saturated heterocycles. The number of benzene rings is 1. The van der Waals surface area contributed by atoms with Crippen molar-refractivity contribution >= 4 is 21.9 Å². The molecule has 9 heteroatoms. The predicted octanol–water partition coefficient (Wildman–Crippen LogP) is 4.18. The van der Waals surface area contributed by atoms with Crippen molar-refractivity contribution in [2.75, 3.05) is 0 Å². The maximum Gasteiger partial charge on any atom is 0.418 e. The number of carboxylic acids is 1. The molecule has 0 fully saturated rings. The lowest BCUT2D eigenvalue weighted by atomic mass is 10.0. The van der Waals surface area contributed by atoms with Gasteiger partial charge in [0.05, 0.1) is 16.7 Å². The Morgan fingerprint density at radius 2 is 1.56 bits per heavy atom. The van der Waals surface area contributed by atoms with Gasteiger partial charge < -0.3 is 5.11 Å². The van der Waals surface area contributed by atoms with Crippen LogP contribution in [0.5, 0.6) is 0 Å². The highest BCUT2D eigenvalue weighted by atomic mass is 79.9. The summed E-state index contributed by atoms with van der Waals surface area (Å²) < 4.78 is 73.6. The van der Waals surface area contributed by atoms with Gasteiger partial charge in [-0.05, 0) is 12.1 Å². The fourth-order valence-electron chi connectivity index (χ4n) is 1.23. The summed E-state index contributed by atoms with van der Waals surface area (Å²) in [7, 11) is 0. The van der Waals surface area contributed by atoms with Crippen molar-refractivity contribution in [3.05, 3.63) is 33.3 Å². The number of aromatic carboxylic acids is 1. The van der Waals surface area contributed by atoms with Crippen LogP contribution in [0.1, 0.15) is 21.5 Å². The average molecular weight is 337 g/mol. The fraction of sp³-hybridized carbons (Fsp3) is 0.222. The molecule has 1 aromatic rings. The van der Waals surface area contributed by atoms with Gasteiger partial charge in [0, 0.05) is 4.47 Å². The van der Waals surface area contributed by atoms with E-state index in [0.717, 1.165) is 0 Å². The molecule has 0 spiro atoms. The Morgan fingerprint density at radius 1 is 1.06 bits per heavy atom. The van der Waals surface area contributed by atoms with Gasteiger partial charge in [-0.2, -0.15) is 26.3 Å². The summed E-state index contributed by atoms with van der Waals surface area (Å²) in [6, 6.07) is 0.144. The number of halogens is 7. The normalized spacial score (nSPS) is 12.6. The maximum atomic E-state index is 12.5. The molecule has 0 heterocycles. The van der Waals surface area contributed by atoms with Crippen LogP contribution in [-0.4, -0.2) is 11.1 Å². The van der Waals surface area contributed by atoms with Crippen LogP contribution in [0.2, 0.25) is 0 Å². The van der Waals surface area contributed by atoms with Gasteiger partial charge in [-0.3, -0.25) is 0 Å². The third-order valence-electron chi connectivity index (χ3n) is 1.93. The Hall–Kier alpha value is -1.25. The van der Waals surface area contributed by atoms with Crippen molar-refractivity contribution in [3.8, 4) is 0 Å². The molecule has 0 saturated carbocycles. The highest BCUT2D eigenvalue weighted by Gasteiger charge is 2.41. The van der Waals surface area contributed by atoms with Crippen LogP contribution in [0, 0.1) is 0 Å². The zero-order chi connectivity index (χ0) is 14.3. The number of alkyl halides is 6. The molecule has 100 valence electrons. The monoisotopic (exact) mass is 336 g/mol. The zero-order valence-corrected chi connectivity index (χ0v) is 9.74. The molecule has 0 aliphatic carbocycles. The molecule has 0 aromatic heterocycles. The van der Waals surface area contributed by atoms with Crippen molar-refractivity contribution in [2.24, 2.45) is 0 Å². The van der Waals surface area contributed by atoms with E-state index in [2.05, 4.69) is 15.9 Å². The second-order valence-corrected chi connectivity index (χ2v) is 4.04. The minimum Gasteiger partial charge on any atom is -0.478 e. The second-order valence-electron chi connectivity index (χ2n) is 3.18. The third kappa shape index (κ3) is 2.95. The highest BCUT2D eigenvalue weighted by molar-refractivity contribution is 9.10. The predicted molar refractivity (Wildman–Crippen MR) is 51.1 cm³/mol. The number of hydrogen-bond donors (Lipinski definition) is 1. The topological polar surface area (TPSA) is 37.3 Å². The molecular formula is C9H3BrF6O2. The van der Waals surface area contributed by atoms with Gasteiger partial charge >= 0.3 is 18.3 Å². The van der Waals surface area contributed by atoms with Crippen LogP contribution in [0.4, 0.5) is 26.3 Å². The fourth-order valence-corrected chi connectivity index (χ4v) is 1.91. The van der Waals surface area contributed by atoms with Crippen LogP contribution in [-0.2, 0) is 12.4 Å². The number of rotatable bonds is 1. The first-order valence-electron chi connectivity index (χ1n) is 4.16. The number of carboxylic acid groups (broad SMARTS) is 1. The Kier molecular flexibility index (Phi) is 3.66. The summed E-state index contributed by atoms with van der Waals surface area (Å²) in [4.78, 5) is 10.6. The molecule has 0 amide bonds. The molecule has 2 nitrogen and oxygen atoms in total. The van der Waals surface area contributed by atoms with Crippen LogP contribution < -0.4 is 0 Å². The zero-order valence-electron chi connectivity index (χ0n) is 8.16.